The number of aromatic amines is 1. The fraction of sp³-hybridized carbons (Fsp3) is 0.480. The number of carbonyl (C=O) groups excluding carboxylic acids is 1. The molecular weight excluding hydrogens is 492 g/mol. The van der Waals surface area contributed by atoms with E-state index in [1.807, 2.05) is 0 Å². The monoisotopic (exact) mass is 520 g/mol. The van der Waals surface area contributed by atoms with Gasteiger partial charge in [-0.2, -0.15) is 0 Å². The fourth-order valence-corrected chi connectivity index (χ4v) is 5.32. The van der Waals surface area contributed by atoms with Gasteiger partial charge in [-0.3, -0.25) is 4.79 Å². The van der Waals surface area contributed by atoms with Crippen LogP contribution in [0.4, 0.5) is 23.2 Å². The van der Waals surface area contributed by atoms with Gasteiger partial charge >= 0.3 is 6.36 Å². The Morgan fingerprint density at radius 3 is 2.43 bits per heavy atom. The molecule has 1 amide bonds. The van der Waals surface area contributed by atoms with E-state index in [9.17, 15) is 18.0 Å². The normalized spacial score (nSPS) is 18.5. The molecule has 37 heavy (non-hydrogen) atoms. The molecule has 0 aliphatic carbocycles. The number of piperidine rings is 2. The number of nitrogens with two attached hydrogens (primary N) is 1. The Morgan fingerprint density at radius 1 is 1.11 bits per heavy atom. The zero-order chi connectivity index (χ0) is 26.3. The van der Waals surface area contributed by atoms with Gasteiger partial charge in [0.05, 0.1) is 17.3 Å². The van der Waals surface area contributed by atoms with Crippen molar-refractivity contribution >= 4 is 22.8 Å². The number of anilines is 1. The first-order valence-electron chi connectivity index (χ1n) is 12.3. The van der Waals surface area contributed by atoms with E-state index >= 15 is 4.39 Å². The molecule has 2 aliphatic rings. The Kier molecular flexibility index (Phi) is 6.69. The van der Waals surface area contributed by atoms with Crippen LogP contribution in [0.5, 0.6) is 5.75 Å². The third-order valence-electron chi connectivity index (χ3n) is 7.31. The number of alkyl halides is 3. The highest BCUT2D eigenvalue weighted by Crippen LogP contribution is 2.36. The molecule has 0 saturated carbocycles. The lowest BCUT2D eigenvalue weighted by atomic mass is 9.88. The molecule has 198 valence electrons. The molecule has 0 spiro atoms. The lowest BCUT2D eigenvalue weighted by molar-refractivity contribution is -0.274. The Bertz CT molecular complexity index is 1290. The van der Waals surface area contributed by atoms with Gasteiger partial charge in [0, 0.05) is 36.3 Å². The second-order valence-electron chi connectivity index (χ2n) is 9.78. The maximum Gasteiger partial charge on any atom is 0.573 e. The zero-order valence-electron chi connectivity index (χ0n) is 20.3. The SMILES string of the molecule is CN1CCC(c2nc3ncc(F)c(C4CCN(C(=O)c5ccc(OC(F)(F)F)cc5N)CC4)c3[nH]2)CC1. The van der Waals surface area contributed by atoms with Crippen molar-refractivity contribution in [3.63, 3.8) is 0 Å². The standard InChI is InChI=1S/C25H28F4N6O2/c1-34-8-4-15(5-9-34)22-32-21-20(18(26)13-31-23(21)33-22)14-6-10-35(11-7-14)24(36)17-3-2-16(12-19(17)30)37-25(27,28)29/h2-3,12-15H,4-11,30H2,1H3,(H,31,32,33). The van der Waals surface area contributed by atoms with E-state index in [1.165, 1.54) is 12.3 Å². The molecule has 0 atom stereocenters. The number of fused-ring (bicyclic) bond motifs is 1. The van der Waals surface area contributed by atoms with Crippen molar-refractivity contribution in [2.45, 2.75) is 43.9 Å². The molecule has 3 N–H and O–H groups in total. The van der Waals surface area contributed by atoms with Crippen LogP contribution in [0.15, 0.2) is 24.4 Å². The topological polar surface area (TPSA) is 100 Å². The quantitative estimate of drug-likeness (QED) is 0.391. The highest BCUT2D eigenvalue weighted by atomic mass is 19.4. The summed E-state index contributed by atoms with van der Waals surface area (Å²) in [7, 11) is 2.09. The smallest absolute Gasteiger partial charge is 0.406 e. The second kappa shape index (κ2) is 9.81. The van der Waals surface area contributed by atoms with E-state index in [2.05, 4.69) is 31.6 Å². The summed E-state index contributed by atoms with van der Waals surface area (Å²) in [5.41, 5.74) is 7.50. The number of imidazole rings is 1. The fourth-order valence-electron chi connectivity index (χ4n) is 5.32. The van der Waals surface area contributed by atoms with Crippen LogP contribution in [-0.4, -0.2) is 70.2 Å². The molecule has 5 rings (SSSR count). The van der Waals surface area contributed by atoms with Crippen LogP contribution in [-0.2, 0) is 0 Å². The summed E-state index contributed by atoms with van der Waals surface area (Å²) in [4.78, 5) is 29.1. The molecule has 0 bridgehead atoms. The van der Waals surface area contributed by atoms with E-state index in [0.29, 0.717) is 42.7 Å². The molecule has 2 fully saturated rings. The summed E-state index contributed by atoms with van der Waals surface area (Å²) >= 11 is 0. The number of ether oxygens (including phenoxy) is 1. The van der Waals surface area contributed by atoms with Crippen molar-refractivity contribution in [3.8, 4) is 5.75 Å². The number of likely N-dealkylation sites (tertiary alicyclic amines) is 2. The largest absolute Gasteiger partial charge is 0.573 e. The number of benzene rings is 1. The van der Waals surface area contributed by atoms with Crippen LogP contribution in [0.2, 0.25) is 0 Å². The second-order valence-corrected chi connectivity index (χ2v) is 9.78. The minimum Gasteiger partial charge on any atom is -0.406 e. The van der Waals surface area contributed by atoms with Gasteiger partial charge in [-0.05, 0) is 63.9 Å². The molecule has 0 unspecified atom stereocenters. The van der Waals surface area contributed by atoms with Crippen molar-refractivity contribution in [1.82, 2.24) is 24.8 Å². The van der Waals surface area contributed by atoms with Gasteiger partial charge in [0.1, 0.15) is 17.4 Å². The number of aromatic nitrogens is 3. The summed E-state index contributed by atoms with van der Waals surface area (Å²) in [6, 6.07) is 3.27. The van der Waals surface area contributed by atoms with E-state index in [-0.39, 0.29) is 29.0 Å². The molecular formula is C25H28F4N6O2. The average molecular weight is 521 g/mol. The number of hydrogen-bond donors (Lipinski definition) is 2. The predicted octanol–water partition coefficient (Wildman–Crippen LogP) is 4.41. The molecule has 2 aromatic heterocycles. The lowest BCUT2D eigenvalue weighted by Crippen LogP contribution is -2.38. The minimum absolute atomic E-state index is 0.0989. The number of nitrogen functional groups attached to an aromatic ring is 1. The number of nitrogens with one attached hydrogen (secondary N) is 1. The molecule has 0 radical (unpaired) electrons. The van der Waals surface area contributed by atoms with Crippen molar-refractivity contribution in [2.75, 3.05) is 39.0 Å². The maximum atomic E-state index is 15.0. The highest BCUT2D eigenvalue weighted by molar-refractivity contribution is 5.99. The maximum absolute atomic E-state index is 15.0. The third kappa shape index (κ3) is 5.34. The van der Waals surface area contributed by atoms with E-state index < -0.39 is 17.9 Å². The Labute approximate surface area is 210 Å². The Hall–Kier alpha value is -3.41. The summed E-state index contributed by atoms with van der Waals surface area (Å²) in [5, 5.41) is 0. The molecule has 12 heteroatoms. The van der Waals surface area contributed by atoms with Crippen LogP contribution in [0, 0.1) is 5.82 Å². The van der Waals surface area contributed by atoms with Crippen molar-refractivity contribution < 1.29 is 27.1 Å². The molecule has 8 nitrogen and oxygen atoms in total. The molecule has 3 aromatic rings. The number of nitrogens with zero attached hydrogens (tertiary/aromatic N) is 4. The summed E-state index contributed by atoms with van der Waals surface area (Å²) in [6.45, 7) is 2.66. The van der Waals surface area contributed by atoms with Crippen LogP contribution in [0.3, 0.4) is 0 Å². The number of rotatable bonds is 4. The van der Waals surface area contributed by atoms with Gasteiger partial charge < -0.3 is 25.3 Å². The number of halogens is 4. The third-order valence-corrected chi connectivity index (χ3v) is 7.31. The Morgan fingerprint density at radius 2 is 1.78 bits per heavy atom. The summed E-state index contributed by atoms with van der Waals surface area (Å²) in [6.07, 6.45) is -0.670. The minimum atomic E-state index is -4.85. The first kappa shape index (κ1) is 25.2. The highest BCUT2D eigenvalue weighted by Gasteiger charge is 2.33. The van der Waals surface area contributed by atoms with Gasteiger partial charge in [0.15, 0.2) is 5.65 Å². The van der Waals surface area contributed by atoms with Crippen LogP contribution in [0.25, 0.3) is 11.2 Å². The van der Waals surface area contributed by atoms with Gasteiger partial charge in [-0.1, -0.05) is 0 Å². The molecule has 2 aliphatic heterocycles. The predicted molar refractivity (Wildman–Crippen MR) is 129 cm³/mol. The lowest BCUT2D eigenvalue weighted by Gasteiger charge is -2.32. The van der Waals surface area contributed by atoms with Crippen molar-refractivity contribution in [3.05, 3.63) is 47.2 Å². The molecule has 2 saturated heterocycles. The molecule has 1 aromatic carbocycles. The van der Waals surface area contributed by atoms with Crippen LogP contribution < -0.4 is 10.5 Å². The first-order chi connectivity index (χ1) is 17.6. The van der Waals surface area contributed by atoms with Gasteiger partial charge in [0.25, 0.3) is 5.91 Å². The van der Waals surface area contributed by atoms with E-state index in [4.69, 9.17) is 5.73 Å². The molecule has 4 heterocycles. The zero-order valence-corrected chi connectivity index (χ0v) is 20.3. The van der Waals surface area contributed by atoms with Gasteiger partial charge in [-0.15, -0.1) is 13.2 Å². The number of carbonyl (C=O) groups is 1. The summed E-state index contributed by atoms with van der Waals surface area (Å²) < 4.78 is 56.3. The van der Waals surface area contributed by atoms with Crippen LogP contribution >= 0.6 is 0 Å². The van der Waals surface area contributed by atoms with Crippen LogP contribution in [0.1, 0.15) is 59.3 Å². The van der Waals surface area contributed by atoms with Crippen molar-refractivity contribution in [1.29, 1.82) is 0 Å². The van der Waals surface area contributed by atoms with E-state index in [0.717, 1.165) is 43.9 Å². The van der Waals surface area contributed by atoms with Gasteiger partial charge in [0.2, 0.25) is 0 Å². The number of pyridine rings is 1. The Balaban J connectivity index is 1.30. The van der Waals surface area contributed by atoms with Crippen molar-refractivity contribution in [2.24, 2.45) is 0 Å². The van der Waals surface area contributed by atoms with E-state index in [1.54, 1.807) is 4.90 Å². The summed E-state index contributed by atoms with van der Waals surface area (Å²) in [5.74, 6) is -0.305. The average Bonchev–Trinajstić information content (AvgIpc) is 3.27. The first-order valence-corrected chi connectivity index (χ1v) is 12.3. The number of amides is 1. The number of H-pyrrole nitrogens is 1. The number of hydrogen-bond acceptors (Lipinski definition) is 6. The van der Waals surface area contributed by atoms with Gasteiger partial charge in [-0.25, -0.2) is 14.4 Å².